The predicted octanol–water partition coefficient (Wildman–Crippen LogP) is 4.07. The average Bonchev–Trinajstić information content (AvgIpc) is 2.81. The highest BCUT2D eigenvalue weighted by Gasteiger charge is 2.04. The summed E-state index contributed by atoms with van der Waals surface area (Å²) in [6.45, 7) is 0. The van der Waals surface area contributed by atoms with Gasteiger partial charge in [-0.2, -0.15) is 5.10 Å². The number of hydrogen-bond donors (Lipinski definition) is 0. The molecule has 0 unspecified atom stereocenters. The number of pyridine rings is 1. The van der Waals surface area contributed by atoms with Gasteiger partial charge in [-0.3, -0.25) is 9.67 Å². The van der Waals surface area contributed by atoms with Crippen molar-refractivity contribution in [3.63, 3.8) is 0 Å². The SMILES string of the molecule is Cn1nc(-c2ccccn2)cc1Br.Fc1ccccc1. The van der Waals surface area contributed by atoms with Crippen molar-refractivity contribution in [3.05, 3.63) is 71.2 Å². The molecule has 20 heavy (non-hydrogen) atoms. The van der Waals surface area contributed by atoms with Gasteiger partial charge < -0.3 is 0 Å². The third-order valence-corrected chi connectivity index (χ3v) is 3.23. The Hall–Kier alpha value is -2.01. The first-order valence-corrected chi connectivity index (χ1v) is 6.77. The maximum absolute atomic E-state index is 11.9. The van der Waals surface area contributed by atoms with E-state index in [4.69, 9.17) is 0 Å². The van der Waals surface area contributed by atoms with Gasteiger partial charge in [0.15, 0.2) is 0 Å². The maximum atomic E-state index is 11.9. The number of nitrogens with zero attached hydrogens (tertiary/aromatic N) is 3. The second-order valence-corrected chi connectivity index (χ2v) is 4.80. The highest BCUT2D eigenvalue weighted by molar-refractivity contribution is 9.10. The first-order valence-electron chi connectivity index (χ1n) is 5.98. The Labute approximate surface area is 125 Å². The molecule has 0 aliphatic rings. The molecular weight excluding hydrogens is 321 g/mol. The predicted molar refractivity (Wildman–Crippen MR) is 80.5 cm³/mol. The molecule has 0 saturated heterocycles. The Morgan fingerprint density at radius 1 is 1.00 bits per heavy atom. The monoisotopic (exact) mass is 333 g/mol. The highest BCUT2D eigenvalue weighted by atomic mass is 79.9. The molecule has 3 nitrogen and oxygen atoms in total. The lowest BCUT2D eigenvalue weighted by Gasteiger charge is -1.92. The van der Waals surface area contributed by atoms with Gasteiger partial charge >= 0.3 is 0 Å². The van der Waals surface area contributed by atoms with Crippen LogP contribution in [0.25, 0.3) is 11.4 Å². The lowest BCUT2D eigenvalue weighted by Crippen LogP contribution is -1.90. The van der Waals surface area contributed by atoms with E-state index in [0.717, 1.165) is 16.0 Å². The average molecular weight is 334 g/mol. The summed E-state index contributed by atoms with van der Waals surface area (Å²) < 4.78 is 14.6. The molecule has 0 fully saturated rings. The van der Waals surface area contributed by atoms with Crippen molar-refractivity contribution < 1.29 is 4.39 Å². The van der Waals surface area contributed by atoms with Crippen LogP contribution in [0.4, 0.5) is 4.39 Å². The molecule has 0 aliphatic carbocycles. The Morgan fingerprint density at radius 2 is 1.70 bits per heavy atom. The number of aryl methyl sites for hydroxylation is 1. The van der Waals surface area contributed by atoms with Crippen molar-refractivity contribution in [1.29, 1.82) is 0 Å². The minimum Gasteiger partial charge on any atom is -0.261 e. The fourth-order valence-corrected chi connectivity index (χ4v) is 1.79. The van der Waals surface area contributed by atoms with E-state index in [9.17, 15) is 4.39 Å². The van der Waals surface area contributed by atoms with Crippen LogP contribution in [0.2, 0.25) is 0 Å². The van der Waals surface area contributed by atoms with Crippen molar-refractivity contribution in [1.82, 2.24) is 14.8 Å². The highest BCUT2D eigenvalue weighted by Crippen LogP contribution is 2.18. The molecule has 2 aromatic heterocycles. The zero-order valence-electron chi connectivity index (χ0n) is 10.9. The maximum Gasteiger partial charge on any atom is 0.123 e. The van der Waals surface area contributed by atoms with Crippen molar-refractivity contribution in [3.8, 4) is 11.4 Å². The van der Waals surface area contributed by atoms with E-state index >= 15 is 0 Å². The summed E-state index contributed by atoms with van der Waals surface area (Å²) in [5.41, 5.74) is 1.78. The molecule has 0 amide bonds. The Kier molecular flexibility index (Phi) is 5.01. The Bertz CT molecular complexity index is 634. The minimum absolute atomic E-state index is 0.178. The molecule has 0 N–H and O–H groups in total. The van der Waals surface area contributed by atoms with E-state index in [-0.39, 0.29) is 5.82 Å². The number of aromatic nitrogens is 3. The first-order chi connectivity index (χ1) is 9.66. The lowest BCUT2D eigenvalue weighted by atomic mass is 10.3. The molecule has 0 saturated carbocycles. The van der Waals surface area contributed by atoms with Crippen molar-refractivity contribution in [2.45, 2.75) is 0 Å². The topological polar surface area (TPSA) is 30.7 Å². The molecule has 5 heteroatoms. The van der Waals surface area contributed by atoms with Gasteiger partial charge in [0, 0.05) is 19.3 Å². The summed E-state index contributed by atoms with van der Waals surface area (Å²) >= 11 is 3.39. The Balaban J connectivity index is 0.000000178. The summed E-state index contributed by atoms with van der Waals surface area (Å²) in [7, 11) is 1.89. The van der Waals surface area contributed by atoms with Crippen molar-refractivity contribution in [2.75, 3.05) is 0 Å². The quantitative estimate of drug-likeness (QED) is 0.672. The normalized spacial score (nSPS) is 9.75. The van der Waals surface area contributed by atoms with Gasteiger partial charge in [-0.1, -0.05) is 24.3 Å². The van der Waals surface area contributed by atoms with Crippen LogP contribution in [0, 0.1) is 5.82 Å². The zero-order valence-corrected chi connectivity index (χ0v) is 12.5. The fraction of sp³-hybridized carbons (Fsp3) is 0.0667. The summed E-state index contributed by atoms with van der Waals surface area (Å²) in [6, 6.07) is 15.7. The van der Waals surface area contributed by atoms with Crippen LogP contribution in [0.15, 0.2) is 65.4 Å². The Morgan fingerprint density at radius 3 is 2.15 bits per heavy atom. The second-order valence-electron chi connectivity index (χ2n) is 3.99. The van der Waals surface area contributed by atoms with Crippen LogP contribution in [-0.4, -0.2) is 14.8 Å². The van der Waals surface area contributed by atoms with Crippen molar-refractivity contribution >= 4 is 15.9 Å². The molecule has 0 atom stereocenters. The fourth-order valence-electron chi connectivity index (χ4n) is 1.50. The zero-order chi connectivity index (χ0) is 14.4. The van der Waals surface area contributed by atoms with E-state index in [1.165, 1.54) is 12.1 Å². The van der Waals surface area contributed by atoms with Gasteiger partial charge in [-0.05, 0) is 40.2 Å². The van der Waals surface area contributed by atoms with Crippen LogP contribution < -0.4 is 0 Å². The summed E-state index contributed by atoms with van der Waals surface area (Å²) in [4.78, 5) is 4.21. The largest absolute Gasteiger partial charge is 0.261 e. The summed E-state index contributed by atoms with van der Waals surface area (Å²) in [5.74, 6) is -0.178. The third kappa shape index (κ3) is 3.99. The minimum atomic E-state index is -0.178. The molecule has 2 heterocycles. The lowest BCUT2D eigenvalue weighted by molar-refractivity contribution is 0.628. The van der Waals surface area contributed by atoms with E-state index in [1.54, 1.807) is 29.1 Å². The number of rotatable bonds is 1. The van der Waals surface area contributed by atoms with Gasteiger partial charge in [-0.25, -0.2) is 4.39 Å². The summed E-state index contributed by atoms with van der Waals surface area (Å²) in [6.07, 6.45) is 1.76. The van der Waals surface area contributed by atoms with E-state index in [1.807, 2.05) is 31.3 Å². The molecular formula is C15H13BrFN3. The third-order valence-electron chi connectivity index (χ3n) is 2.48. The van der Waals surface area contributed by atoms with Crippen LogP contribution in [0.1, 0.15) is 0 Å². The molecule has 0 bridgehead atoms. The van der Waals surface area contributed by atoms with Crippen molar-refractivity contribution in [2.24, 2.45) is 7.05 Å². The van der Waals surface area contributed by atoms with Crippen LogP contribution in [0.3, 0.4) is 0 Å². The van der Waals surface area contributed by atoms with Gasteiger partial charge in [-0.15, -0.1) is 0 Å². The van der Waals surface area contributed by atoms with E-state index in [0.29, 0.717) is 0 Å². The number of hydrogen-bond acceptors (Lipinski definition) is 2. The van der Waals surface area contributed by atoms with Gasteiger partial charge in [0.25, 0.3) is 0 Å². The van der Waals surface area contributed by atoms with Crippen LogP contribution in [0.5, 0.6) is 0 Å². The molecule has 0 aliphatic heterocycles. The van der Waals surface area contributed by atoms with Crippen LogP contribution in [-0.2, 0) is 7.05 Å². The van der Waals surface area contributed by atoms with Gasteiger partial charge in [0.05, 0.1) is 5.69 Å². The molecule has 1 aromatic carbocycles. The van der Waals surface area contributed by atoms with Gasteiger partial charge in [0.2, 0.25) is 0 Å². The molecule has 3 aromatic rings. The van der Waals surface area contributed by atoms with E-state index in [2.05, 4.69) is 26.0 Å². The second kappa shape index (κ2) is 6.96. The standard InChI is InChI=1S/C9H8BrN3.C6H5F/c1-13-9(10)6-8(12-13)7-4-2-3-5-11-7;7-6-4-2-1-3-5-6/h2-6H,1H3;1-5H. The summed E-state index contributed by atoms with van der Waals surface area (Å²) in [5, 5.41) is 4.29. The number of halogens is 2. The smallest absolute Gasteiger partial charge is 0.123 e. The van der Waals surface area contributed by atoms with Gasteiger partial charge in [0.1, 0.15) is 16.1 Å². The van der Waals surface area contributed by atoms with Crippen LogP contribution >= 0.6 is 15.9 Å². The molecule has 0 radical (unpaired) electrons. The molecule has 102 valence electrons. The van der Waals surface area contributed by atoms with E-state index < -0.39 is 0 Å². The number of benzene rings is 1. The molecule has 3 rings (SSSR count). The first kappa shape index (κ1) is 14.4. The molecule has 0 spiro atoms.